The summed E-state index contributed by atoms with van der Waals surface area (Å²) in [7, 11) is 0. The molecule has 1 aromatic carbocycles. The summed E-state index contributed by atoms with van der Waals surface area (Å²) in [6.45, 7) is 5.78. The smallest absolute Gasteiger partial charge is 0.0453 e. The average molecular weight is 279 g/mol. The highest BCUT2D eigenvalue weighted by atomic mass is 35.5. The molecule has 2 atom stereocenters. The average Bonchev–Trinajstić information content (AvgIpc) is 3.24. The lowest BCUT2D eigenvalue weighted by Gasteiger charge is -2.31. The number of nitrogens with zero attached hydrogens (tertiary/aromatic N) is 1. The van der Waals surface area contributed by atoms with Gasteiger partial charge in [-0.3, -0.25) is 4.90 Å². The monoisotopic (exact) mass is 278 g/mol. The van der Waals surface area contributed by atoms with Crippen LogP contribution >= 0.6 is 11.6 Å². The van der Waals surface area contributed by atoms with E-state index in [0.717, 1.165) is 24.0 Å². The van der Waals surface area contributed by atoms with Gasteiger partial charge in [-0.2, -0.15) is 0 Å². The van der Waals surface area contributed by atoms with Crippen LogP contribution in [0.3, 0.4) is 0 Å². The zero-order valence-electron chi connectivity index (χ0n) is 11.6. The molecule has 1 aliphatic carbocycles. The van der Waals surface area contributed by atoms with Crippen molar-refractivity contribution in [3.8, 4) is 0 Å². The first kappa shape index (κ1) is 13.4. The Bertz CT molecular complexity index is 431. The quantitative estimate of drug-likeness (QED) is 0.911. The van der Waals surface area contributed by atoms with Crippen molar-refractivity contribution >= 4 is 11.6 Å². The van der Waals surface area contributed by atoms with Crippen molar-refractivity contribution < 1.29 is 0 Å². The first-order valence-corrected chi connectivity index (χ1v) is 7.85. The van der Waals surface area contributed by atoms with Crippen LogP contribution in [0.5, 0.6) is 0 Å². The van der Waals surface area contributed by atoms with Crippen molar-refractivity contribution in [1.82, 2.24) is 10.2 Å². The van der Waals surface area contributed by atoms with Crippen molar-refractivity contribution in [3.05, 3.63) is 34.9 Å². The SMILES string of the molecule is CC(c1ccccc1Cl)N1CCCNC(C2CC2)C1. The van der Waals surface area contributed by atoms with E-state index in [-0.39, 0.29) is 0 Å². The van der Waals surface area contributed by atoms with Crippen LogP contribution in [0.1, 0.15) is 37.8 Å². The van der Waals surface area contributed by atoms with Crippen LogP contribution in [0.25, 0.3) is 0 Å². The fraction of sp³-hybridized carbons (Fsp3) is 0.625. The molecule has 2 fully saturated rings. The van der Waals surface area contributed by atoms with E-state index in [1.165, 1.54) is 31.4 Å². The summed E-state index contributed by atoms with van der Waals surface area (Å²) in [4.78, 5) is 2.60. The second-order valence-corrected chi connectivity index (χ2v) is 6.35. The van der Waals surface area contributed by atoms with Gasteiger partial charge in [-0.25, -0.2) is 0 Å². The summed E-state index contributed by atoms with van der Waals surface area (Å²) >= 11 is 6.35. The Morgan fingerprint density at radius 2 is 2.11 bits per heavy atom. The van der Waals surface area contributed by atoms with Crippen molar-refractivity contribution in [2.45, 2.75) is 38.3 Å². The second-order valence-electron chi connectivity index (χ2n) is 5.94. The Hall–Kier alpha value is -0.570. The van der Waals surface area contributed by atoms with Gasteiger partial charge in [-0.15, -0.1) is 0 Å². The molecule has 1 saturated carbocycles. The molecule has 2 aliphatic rings. The number of halogens is 1. The topological polar surface area (TPSA) is 15.3 Å². The first-order chi connectivity index (χ1) is 9.25. The van der Waals surface area contributed by atoms with E-state index in [2.05, 4.69) is 29.3 Å². The van der Waals surface area contributed by atoms with E-state index in [0.29, 0.717) is 12.1 Å². The zero-order valence-corrected chi connectivity index (χ0v) is 12.4. The van der Waals surface area contributed by atoms with Gasteiger partial charge in [-0.05, 0) is 50.3 Å². The molecule has 0 amide bonds. The van der Waals surface area contributed by atoms with Crippen LogP contribution in [0.15, 0.2) is 24.3 Å². The highest BCUT2D eigenvalue weighted by molar-refractivity contribution is 6.31. The second kappa shape index (κ2) is 5.82. The Balaban J connectivity index is 1.74. The molecule has 0 bridgehead atoms. The maximum atomic E-state index is 6.35. The lowest BCUT2D eigenvalue weighted by Crippen LogP contribution is -2.40. The maximum absolute atomic E-state index is 6.35. The van der Waals surface area contributed by atoms with Crippen LogP contribution in [0.4, 0.5) is 0 Å². The highest BCUT2D eigenvalue weighted by Crippen LogP contribution is 2.35. The van der Waals surface area contributed by atoms with Gasteiger partial charge in [0, 0.05) is 30.2 Å². The Kier molecular flexibility index (Phi) is 4.11. The summed E-state index contributed by atoms with van der Waals surface area (Å²) in [5.41, 5.74) is 1.26. The molecule has 1 N–H and O–H groups in total. The van der Waals surface area contributed by atoms with E-state index in [9.17, 15) is 0 Å². The fourth-order valence-corrected chi connectivity index (χ4v) is 3.45. The van der Waals surface area contributed by atoms with Crippen molar-refractivity contribution in [3.63, 3.8) is 0 Å². The van der Waals surface area contributed by atoms with Crippen molar-refractivity contribution in [2.75, 3.05) is 19.6 Å². The number of rotatable bonds is 3. The van der Waals surface area contributed by atoms with E-state index >= 15 is 0 Å². The highest BCUT2D eigenvalue weighted by Gasteiger charge is 2.34. The maximum Gasteiger partial charge on any atom is 0.0453 e. The number of hydrogen-bond acceptors (Lipinski definition) is 2. The summed E-state index contributed by atoms with van der Waals surface area (Å²) in [6.07, 6.45) is 4.05. The standard InChI is InChI=1S/C16H23ClN2/c1-12(14-5-2-3-6-15(14)17)19-10-4-9-18-16(11-19)13-7-8-13/h2-3,5-6,12-13,16,18H,4,7-11H2,1H3. The van der Waals surface area contributed by atoms with Crippen LogP contribution in [-0.2, 0) is 0 Å². The van der Waals surface area contributed by atoms with E-state index in [1.807, 2.05) is 12.1 Å². The van der Waals surface area contributed by atoms with Crippen LogP contribution < -0.4 is 5.32 Å². The van der Waals surface area contributed by atoms with Crippen LogP contribution in [0.2, 0.25) is 5.02 Å². The third-order valence-electron chi connectivity index (χ3n) is 4.55. The fourth-order valence-electron chi connectivity index (χ4n) is 3.15. The van der Waals surface area contributed by atoms with Crippen LogP contribution in [0, 0.1) is 5.92 Å². The first-order valence-electron chi connectivity index (χ1n) is 7.47. The minimum Gasteiger partial charge on any atom is -0.312 e. The number of nitrogens with one attached hydrogen (secondary N) is 1. The predicted molar refractivity (Wildman–Crippen MR) is 80.6 cm³/mol. The molecule has 2 unspecified atom stereocenters. The molecule has 0 radical (unpaired) electrons. The molecule has 0 spiro atoms. The molecule has 104 valence electrons. The van der Waals surface area contributed by atoms with Gasteiger partial charge >= 0.3 is 0 Å². The molecule has 3 rings (SSSR count). The molecule has 1 aromatic rings. The lowest BCUT2D eigenvalue weighted by molar-refractivity contribution is 0.200. The van der Waals surface area contributed by atoms with Gasteiger partial charge in [0.2, 0.25) is 0 Å². The summed E-state index contributed by atoms with van der Waals surface area (Å²) in [5, 5.41) is 4.62. The Labute approximate surface area is 121 Å². The Morgan fingerprint density at radius 3 is 2.84 bits per heavy atom. The van der Waals surface area contributed by atoms with E-state index in [4.69, 9.17) is 11.6 Å². The van der Waals surface area contributed by atoms with Crippen LogP contribution in [-0.4, -0.2) is 30.6 Å². The van der Waals surface area contributed by atoms with Gasteiger partial charge in [0.25, 0.3) is 0 Å². The number of benzene rings is 1. The van der Waals surface area contributed by atoms with E-state index < -0.39 is 0 Å². The normalized spacial score (nSPS) is 26.9. The van der Waals surface area contributed by atoms with Gasteiger partial charge < -0.3 is 5.32 Å². The molecule has 1 aliphatic heterocycles. The third kappa shape index (κ3) is 3.13. The van der Waals surface area contributed by atoms with Crippen molar-refractivity contribution in [1.29, 1.82) is 0 Å². The van der Waals surface area contributed by atoms with Gasteiger partial charge in [0.15, 0.2) is 0 Å². The van der Waals surface area contributed by atoms with Gasteiger partial charge in [0.05, 0.1) is 0 Å². The lowest BCUT2D eigenvalue weighted by atomic mass is 10.1. The minimum absolute atomic E-state index is 0.412. The summed E-state index contributed by atoms with van der Waals surface area (Å²) in [5.74, 6) is 0.916. The zero-order chi connectivity index (χ0) is 13.2. The Morgan fingerprint density at radius 1 is 1.32 bits per heavy atom. The number of hydrogen-bond donors (Lipinski definition) is 1. The molecule has 1 saturated heterocycles. The molecular weight excluding hydrogens is 256 g/mol. The molecule has 0 aromatic heterocycles. The van der Waals surface area contributed by atoms with Crippen molar-refractivity contribution in [2.24, 2.45) is 5.92 Å². The summed E-state index contributed by atoms with van der Waals surface area (Å²) in [6, 6.07) is 9.36. The third-order valence-corrected chi connectivity index (χ3v) is 4.90. The molecule has 2 nitrogen and oxygen atoms in total. The largest absolute Gasteiger partial charge is 0.312 e. The minimum atomic E-state index is 0.412. The molecule has 3 heteroatoms. The molecule has 1 heterocycles. The van der Waals surface area contributed by atoms with E-state index in [1.54, 1.807) is 0 Å². The summed E-state index contributed by atoms with van der Waals surface area (Å²) < 4.78 is 0. The van der Waals surface area contributed by atoms with Gasteiger partial charge in [0.1, 0.15) is 0 Å². The van der Waals surface area contributed by atoms with Gasteiger partial charge in [-0.1, -0.05) is 29.8 Å². The predicted octanol–water partition coefficient (Wildman–Crippen LogP) is 3.47. The molecular formula is C16H23ClN2. The molecule has 19 heavy (non-hydrogen) atoms.